The van der Waals surface area contributed by atoms with Crippen LogP contribution in [0.1, 0.15) is 72.6 Å². The molecule has 0 heterocycles. The lowest BCUT2D eigenvalue weighted by Crippen LogP contribution is -2.50. The summed E-state index contributed by atoms with van der Waals surface area (Å²) >= 11 is 0. The molecule has 0 aromatic rings. The molecule has 0 amide bonds. The van der Waals surface area contributed by atoms with Crippen molar-refractivity contribution in [2.75, 3.05) is 0 Å². The van der Waals surface area contributed by atoms with Crippen molar-refractivity contribution in [1.82, 2.24) is 0 Å². The Morgan fingerprint density at radius 3 is 2.76 bits per heavy atom. The van der Waals surface area contributed by atoms with Crippen molar-refractivity contribution in [1.29, 1.82) is 0 Å². The summed E-state index contributed by atoms with van der Waals surface area (Å²) in [6, 6.07) is 0. The van der Waals surface area contributed by atoms with Crippen LogP contribution in [-0.2, 0) is 9.53 Å². The lowest BCUT2D eigenvalue weighted by Gasteiger charge is -2.57. The molecule has 0 radical (unpaired) electrons. The largest absolute Gasteiger partial charge is 0.463 e. The third-order valence-corrected chi connectivity index (χ3v) is 8.64. The SMILES string of the molecule is CC(=O)OC(C)[C@H]1CCC2C3CC=C4C=CCC[C@]4(C)C3CC[C@@]21C. The molecule has 25 heavy (non-hydrogen) atoms. The van der Waals surface area contributed by atoms with Crippen molar-refractivity contribution in [3.8, 4) is 0 Å². The van der Waals surface area contributed by atoms with Crippen LogP contribution in [0.15, 0.2) is 23.8 Å². The molecule has 2 fully saturated rings. The van der Waals surface area contributed by atoms with Crippen LogP contribution in [0, 0.1) is 34.5 Å². The van der Waals surface area contributed by atoms with E-state index in [-0.39, 0.29) is 12.1 Å². The minimum absolute atomic E-state index is 0.0620. The number of esters is 1. The molecule has 2 heteroatoms. The minimum atomic E-state index is -0.125. The fourth-order valence-electron chi connectivity index (χ4n) is 7.45. The second-order valence-corrected chi connectivity index (χ2v) is 9.67. The maximum absolute atomic E-state index is 11.5. The molecular weight excluding hydrogens is 308 g/mol. The normalized spacial score (nSPS) is 46.5. The predicted molar refractivity (Wildman–Crippen MR) is 101 cm³/mol. The number of rotatable bonds is 2. The summed E-state index contributed by atoms with van der Waals surface area (Å²) in [6.45, 7) is 8.72. The first-order valence-electron chi connectivity index (χ1n) is 10.4. The highest BCUT2D eigenvalue weighted by Gasteiger charge is 2.59. The third kappa shape index (κ3) is 2.54. The number of allylic oxidation sites excluding steroid dienone is 4. The molecule has 0 aliphatic heterocycles. The molecule has 0 bridgehead atoms. The van der Waals surface area contributed by atoms with Crippen molar-refractivity contribution in [2.24, 2.45) is 34.5 Å². The van der Waals surface area contributed by atoms with E-state index in [9.17, 15) is 4.79 Å². The van der Waals surface area contributed by atoms with Crippen molar-refractivity contribution in [3.05, 3.63) is 23.8 Å². The fraction of sp³-hybridized carbons (Fsp3) is 0.783. The van der Waals surface area contributed by atoms with E-state index in [1.165, 1.54) is 44.9 Å². The van der Waals surface area contributed by atoms with Gasteiger partial charge in [0.2, 0.25) is 0 Å². The maximum atomic E-state index is 11.5. The molecule has 0 saturated heterocycles. The van der Waals surface area contributed by atoms with Gasteiger partial charge in [0.1, 0.15) is 6.10 Å². The monoisotopic (exact) mass is 342 g/mol. The summed E-state index contributed by atoms with van der Waals surface area (Å²) in [5, 5.41) is 0. The third-order valence-electron chi connectivity index (χ3n) is 8.64. The first kappa shape index (κ1) is 17.4. The zero-order chi connectivity index (χ0) is 17.8. The molecule has 4 rings (SSSR count). The molecule has 138 valence electrons. The van der Waals surface area contributed by atoms with Crippen molar-refractivity contribution in [2.45, 2.75) is 78.7 Å². The summed E-state index contributed by atoms with van der Waals surface area (Å²) in [4.78, 5) is 11.5. The second kappa shape index (κ2) is 5.99. The molecule has 4 aliphatic carbocycles. The van der Waals surface area contributed by atoms with E-state index in [4.69, 9.17) is 4.74 Å². The van der Waals surface area contributed by atoms with Crippen LogP contribution in [0.2, 0.25) is 0 Å². The highest BCUT2D eigenvalue weighted by Crippen LogP contribution is 2.66. The molecule has 4 unspecified atom stereocenters. The van der Waals surface area contributed by atoms with Gasteiger partial charge in [0.25, 0.3) is 0 Å². The van der Waals surface area contributed by atoms with Gasteiger partial charge in [0.15, 0.2) is 0 Å². The van der Waals surface area contributed by atoms with Gasteiger partial charge in [0, 0.05) is 12.8 Å². The number of hydrogen-bond acceptors (Lipinski definition) is 2. The standard InChI is InChI=1S/C23H34O2/c1-15(25-16(2)24)19-10-11-20-18-9-8-17-7-5-6-13-22(17,3)21(18)12-14-23(19,20)4/h5,7-8,15,18-21H,6,9-14H2,1-4H3/t15?,18?,19-,20?,21?,22+,23-/m1/s1. The lowest BCUT2D eigenvalue weighted by atomic mass is 9.48. The number of fused-ring (bicyclic) bond motifs is 5. The Labute approximate surface area is 153 Å². The first-order chi connectivity index (χ1) is 11.9. The van der Waals surface area contributed by atoms with Crippen LogP contribution in [0.25, 0.3) is 0 Å². The Hall–Kier alpha value is -1.05. The van der Waals surface area contributed by atoms with Gasteiger partial charge < -0.3 is 4.74 Å². The van der Waals surface area contributed by atoms with Crippen LogP contribution < -0.4 is 0 Å². The predicted octanol–water partition coefficient (Wildman–Crippen LogP) is 5.68. The van der Waals surface area contributed by atoms with Crippen molar-refractivity contribution >= 4 is 5.97 Å². The Balaban J connectivity index is 1.61. The second-order valence-electron chi connectivity index (χ2n) is 9.67. The molecule has 2 saturated carbocycles. The first-order valence-corrected chi connectivity index (χ1v) is 10.4. The summed E-state index contributed by atoms with van der Waals surface area (Å²) in [6.07, 6.45) is 16.4. The molecular formula is C23H34O2. The summed E-state index contributed by atoms with van der Waals surface area (Å²) in [5.74, 6) is 2.88. The van der Waals surface area contributed by atoms with Gasteiger partial charge in [-0.1, -0.05) is 32.1 Å². The highest BCUT2D eigenvalue weighted by atomic mass is 16.5. The molecule has 2 nitrogen and oxygen atoms in total. The van der Waals surface area contributed by atoms with Gasteiger partial charge >= 0.3 is 5.97 Å². The van der Waals surface area contributed by atoms with E-state index >= 15 is 0 Å². The van der Waals surface area contributed by atoms with Crippen LogP contribution in [0.5, 0.6) is 0 Å². The topological polar surface area (TPSA) is 26.3 Å². The van der Waals surface area contributed by atoms with Gasteiger partial charge in [-0.25, -0.2) is 0 Å². The Morgan fingerprint density at radius 2 is 2.00 bits per heavy atom. The Bertz CT molecular complexity index is 618. The van der Waals surface area contributed by atoms with Gasteiger partial charge in [-0.2, -0.15) is 0 Å². The number of carbonyl (C=O) groups is 1. The van der Waals surface area contributed by atoms with E-state index in [2.05, 4.69) is 39.0 Å². The van der Waals surface area contributed by atoms with E-state index in [1.807, 2.05) is 0 Å². The van der Waals surface area contributed by atoms with Crippen LogP contribution >= 0.6 is 0 Å². The Morgan fingerprint density at radius 1 is 1.20 bits per heavy atom. The molecule has 0 aromatic carbocycles. The number of hydrogen-bond donors (Lipinski definition) is 0. The highest BCUT2D eigenvalue weighted by molar-refractivity contribution is 5.66. The van der Waals surface area contributed by atoms with E-state index in [0.29, 0.717) is 16.7 Å². The van der Waals surface area contributed by atoms with Gasteiger partial charge in [-0.05, 0) is 86.0 Å². The minimum Gasteiger partial charge on any atom is -0.463 e. The molecule has 4 aliphatic rings. The Kier molecular flexibility index (Phi) is 4.16. The van der Waals surface area contributed by atoms with Gasteiger partial charge in [0.05, 0.1) is 0 Å². The average Bonchev–Trinajstić information content (AvgIpc) is 2.91. The van der Waals surface area contributed by atoms with Crippen molar-refractivity contribution < 1.29 is 9.53 Å². The molecule has 0 aromatic heterocycles. The van der Waals surface area contributed by atoms with Gasteiger partial charge in [-0.3, -0.25) is 4.79 Å². The zero-order valence-electron chi connectivity index (χ0n) is 16.4. The summed E-state index contributed by atoms with van der Waals surface area (Å²) in [7, 11) is 0. The van der Waals surface area contributed by atoms with Gasteiger partial charge in [-0.15, -0.1) is 0 Å². The lowest BCUT2D eigenvalue weighted by molar-refractivity contribution is -0.152. The molecule has 7 atom stereocenters. The number of ether oxygens (including phenoxy) is 1. The fourth-order valence-corrected chi connectivity index (χ4v) is 7.45. The van der Waals surface area contributed by atoms with Crippen LogP contribution in [0.3, 0.4) is 0 Å². The summed E-state index contributed by atoms with van der Waals surface area (Å²) in [5.41, 5.74) is 2.37. The van der Waals surface area contributed by atoms with Crippen molar-refractivity contribution in [3.63, 3.8) is 0 Å². The maximum Gasteiger partial charge on any atom is 0.302 e. The number of carbonyl (C=O) groups excluding carboxylic acids is 1. The smallest absolute Gasteiger partial charge is 0.302 e. The van der Waals surface area contributed by atoms with Crippen LogP contribution in [-0.4, -0.2) is 12.1 Å². The van der Waals surface area contributed by atoms with Crippen LogP contribution in [0.4, 0.5) is 0 Å². The average molecular weight is 343 g/mol. The van der Waals surface area contributed by atoms with E-state index in [1.54, 1.807) is 12.5 Å². The zero-order valence-corrected chi connectivity index (χ0v) is 16.4. The molecule has 0 spiro atoms. The van der Waals surface area contributed by atoms with E-state index in [0.717, 1.165) is 17.8 Å². The quantitative estimate of drug-likeness (QED) is 0.603. The summed E-state index contributed by atoms with van der Waals surface area (Å²) < 4.78 is 5.63. The van der Waals surface area contributed by atoms with E-state index < -0.39 is 0 Å². The molecule has 0 N–H and O–H groups in total.